The summed E-state index contributed by atoms with van der Waals surface area (Å²) in [7, 11) is 0. The lowest BCUT2D eigenvalue weighted by molar-refractivity contribution is -0.145. The number of carboxylic acid groups (broad SMARTS) is 2. The number of carbonyl (C=O) groups excluding carboxylic acids is 3. The average molecular weight is 491 g/mol. The fourth-order valence-corrected chi connectivity index (χ4v) is 4.07. The van der Waals surface area contributed by atoms with Crippen LogP contribution >= 0.6 is 0 Å². The quantitative estimate of drug-likeness (QED) is 0.274. The summed E-state index contributed by atoms with van der Waals surface area (Å²) in [6.45, 7) is 3.96. The number of amides is 3. The van der Waals surface area contributed by atoms with Gasteiger partial charge in [0.25, 0.3) is 0 Å². The van der Waals surface area contributed by atoms with E-state index in [2.05, 4.69) is 10.6 Å². The number of carbonyl (C=O) groups is 5. The molecule has 1 aromatic rings. The molecule has 35 heavy (non-hydrogen) atoms. The molecular formula is C24H34N4O7. The van der Waals surface area contributed by atoms with Crippen molar-refractivity contribution in [3.63, 3.8) is 0 Å². The van der Waals surface area contributed by atoms with Crippen LogP contribution in [0.2, 0.25) is 0 Å². The predicted molar refractivity (Wildman–Crippen MR) is 126 cm³/mol. The van der Waals surface area contributed by atoms with Crippen molar-refractivity contribution >= 4 is 29.7 Å². The molecule has 1 fully saturated rings. The zero-order valence-corrected chi connectivity index (χ0v) is 20.0. The highest BCUT2D eigenvalue weighted by Gasteiger charge is 2.39. The molecule has 3 amide bonds. The highest BCUT2D eigenvalue weighted by molar-refractivity contribution is 5.95. The molecule has 1 aliphatic rings. The summed E-state index contributed by atoms with van der Waals surface area (Å²) in [5.41, 5.74) is 6.43. The topological polar surface area (TPSA) is 179 Å². The molecule has 11 heteroatoms. The second-order valence-corrected chi connectivity index (χ2v) is 9.17. The third kappa shape index (κ3) is 8.36. The van der Waals surface area contributed by atoms with Crippen LogP contribution in [0.5, 0.6) is 0 Å². The molecule has 0 saturated carbocycles. The molecule has 1 aliphatic heterocycles. The molecule has 0 spiro atoms. The van der Waals surface area contributed by atoms with E-state index < -0.39 is 60.2 Å². The van der Waals surface area contributed by atoms with Crippen LogP contribution < -0.4 is 16.4 Å². The number of carboxylic acids is 2. The third-order valence-electron chi connectivity index (χ3n) is 5.79. The minimum atomic E-state index is -1.34. The molecule has 0 radical (unpaired) electrons. The van der Waals surface area contributed by atoms with E-state index in [9.17, 15) is 29.1 Å². The van der Waals surface area contributed by atoms with Crippen LogP contribution in [-0.4, -0.2) is 75.5 Å². The molecule has 1 heterocycles. The van der Waals surface area contributed by atoms with Gasteiger partial charge in [-0.1, -0.05) is 44.2 Å². The van der Waals surface area contributed by atoms with Crippen LogP contribution in [0.4, 0.5) is 0 Å². The smallest absolute Gasteiger partial charge is 0.326 e. The molecule has 0 aromatic heterocycles. The Kier molecular flexibility index (Phi) is 10.2. The minimum absolute atomic E-state index is 0.0400. The summed E-state index contributed by atoms with van der Waals surface area (Å²) in [5, 5.41) is 23.5. The number of benzene rings is 1. The highest BCUT2D eigenvalue weighted by Crippen LogP contribution is 2.20. The van der Waals surface area contributed by atoms with Crippen molar-refractivity contribution in [3.8, 4) is 0 Å². The van der Waals surface area contributed by atoms with Gasteiger partial charge in [-0.15, -0.1) is 0 Å². The van der Waals surface area contributed by atoms with Gasteiger partial charge in [-0.3, -0.25) is 19.2 Å². The van der Waals surface area contributed by atoms with Crippen molar-refractivity contribution in [3.05, 3.63) is 35.9 Å². The monoisotopic (exact) mass is 490 g/mol. The lowest BCUT2D eigenvalue weighted by Gasteiger charge is -2.30. The second-order valence-electron chi connectivity index (χ2n) is 9.17. The Balaban J connectivity index is 2.21. The molecule has 11 nitrogen and oxygen atoms in total. The van der Waals surface area contributed by atoms with Crippen LogP contribution in [-0.2, 0) is 30.4 Å². The van der Waals surface area contributed by atoms with Gasteiger partial charge in [0.05, 0.1) is 12.5 Å². The van der Waals surface area contributed by atoms with Crippen LogP contribution in [0.15, 0.2) is 30.3 Å². The summed E-state index contributed by atoms with van der Waals surface area (Å²) in [6.07, 6.45) is 0.655. The van der Waals surface area contributed by atoms with Gasteiger partial charge >= 0.3 is 11.9 Å². The number of nitrogens with two attached hydrogens (primary N) is 1. The van der Waals surface area contributed by atoms with Crippen molar-refractivity contribution in [2.24, 2.45) is 11.7 Å². The van der Waals surface area contributed by atoms with Crippen LogP contribution in [0.3, 0.4) is 0 Å². The number of nitrogens with one attached hydrogen (secondary N) is 2. The summed E-state index contributed by atoms with van der Waals surface area (Å²) in [5.74, 6) is -4.22. The van der Waals surface area contributed by atoms with E-state index in [-0.39, 0.29) is 25.3 Å². The average Bonchev–Trinajstić information content (AvgIpc) is 3.27. The first-order valence-corrected chi connectivity index (χ1v) is 11.6. The van der Waals surface area contributed by atoms with E-state index in [4.69, 9.17) is 10.8 Å². The first-order valence-electron chi connectivity index (χ1n) is 11.6. The maximum Gasteiger partial charge on any atom is 0.326 e. The maximum absolute atomic E-state index is 13.5. The normalized spacial score (nSPS) is 17.9. The van der Waals surface area contributed by atoms with E-state index in [1.165, 1.54) is 4.90 Å². The summed E-state index contributed by atoms with van der Waals surface area (Å²) in [6, 6.07) is 4.55. The molecule has 4 atom stereocenters. The number of hydrogen-bond donors (Lipinski definition) is 5. The molecular weight excluding hydrogens is 456 g/mol. The lowest BCUT2D eigenvalue weighted by atomic mass is 10.0. The summed E-state index contributed by atoms with van der Waals surface area (Å²) < 4.78 is 0. The molecule has 0 bridgehead atoms. The van der Waals surface area contributed by atoms with Gasteiger partial charge in [-0.25, -0.2) is 4.79 Å². The van der Waals surface area contributed by atoms with E-state index >= 15 is 0 Å². The number of hydrogen-bond acceptors (Lipinski definition) is 6. The van der Waals surface area contributed by atoms with Crippen molar-refractivity contribution < 1.29 is 34.2 Å². The van der Waals surface area contributed by atoms with E-state index in [0.29, 0.717) is 12.8 Å². The molecule has 192 valence electrons. The lowest BCUT2D eigenvalue weighted by Crippen LogP contribution is -2.57. The van der Waals surface area contributed by atoms with Crippen molar-refractivity contribution in [2.75, 3.05) is 6.54 Å². The van der Waals surface area contributed by atoms with Crippen LogP contribution in [0.1, 0.15) is 45.1 Å². The maximum atomic E-state index is 13.5. The van der Waals surface area contributed by atoms with Gasteiger partial charge in [0, 0.05) is 13.0 Å². The number of likely N-dealkylation sites (tertiary alicyclic amines) is 1. The standard InChI is InChI=1S/C24H34N4O7/c1-14(2)11-18(24(34)35)27-22(32)19-9-6-10-28(19)23(33)17(12-15-7-4-3-5-8-15)26-21(31)16(25)13-20(29)30/h3-5,7-8,14,16-19H,6,9-13,25H2,1-2H3,(H,26,31)(H,27,32)(H,29,30)(H,34,35). The Morgan fingerprint density at radius 1 is 1.06 bits per heavy atom. The Labute approximate surface area is 204 Å². The number of nitrogens with zero attached hydrogens (tertiary/aromatic N) is 1. The molecule has 1 saturated heterocycles. The first kappa shape index (κ1) is 27.8. The van der Waals surface area contributed by atoms with Crippen molar-refractivity contribution in [1.82, 2.24) is 15.5 Å². The molecule has 6 N–H and O–H groups in total. The van der Waals surface area contributed by atoms with E-state index in [1.807, 2.05) is 13.8 Å². The Morgan fingerprint density at radius 2 is 1.71 bits per heavy atom. The van der Waals surface area contributed by atoms with E-state index in [0.717, 1.165) is 5.56 Å². The zero-order chi connectivity index (χ0) is 26.1. The van der Waals surface area contributed by atoms with Gasteiger partial charge in [-0.05, 0) is 30.7 Å². The molecule has 0 aliphatic carbocycles. The molecule has 4 unspecified atom stereocenters. The van der Waals surface area contributed by atoms with Gasteiger partial charge in [0.15, 0.2) is 0 Å². The number of rotatable bonds is 12. The van der Waals surface area contributed by atoms with Crippen molar-refractivity contribution in [1.29, 1.82) is 0 Å². The van der Waals surface area contributed by atoms with Gasteiger partial charge in [0.2, 0.25) is 17.7 Å². The fraction of sp³-hybridized carbons (Fsp3) is 0.542. The first-order chi connectivity index (χ1) is 16.5. The SMILES string of the molecule is CC(C)CC(NC(=O)C1CCCN1C(=O)C(Cc1ccccc1)NC(=O)C(N)CC(=O)O)C(=O)O. The Morgan fingerprint density at radius 3 is 2.29 bits per heavy atom. The van der Waals surface area contributed by atoms with Gasteiger partial charge in [-0.2, -0.15) is 0 Å². The Hall–Kier alpha value is -3.47. The van der Waals surface area contributed by atoms with Crippen LogP contribution in [0, 0.1) is 5.92 Å². The van der Waals surface area contributed by atoms with Crippen LogP contribution in [0.25, 0.3) is 0 Å². The largest absolute Gasteiger partial charge is 0.481 e. The molecule has 2 rings (SSSR count). The second kappa shape index (κ2) is 12.8. The van der Waals surface area contributed by atoms with E-state index in [1.54, 1.807) is 30.3 Å². The molecule has 1 aromatic carbocycles. The third-order valence-corrected chi connectivity index (χ3v) is 5.79. The predicted octanol–water partition coefficient (Wildman–Crippen LogP) is 0.122. The van der Waals surface area contributed by atoms with Gasteiger partial charge in [0.1, 0.15) is 18.1 Å². The van der Waals surface area contributed by atoms with Gasteiger partial charge < -0.3 is 31.5 Å². The van der Waals surface area contributed by atoms with Crippen molar-refractivity contribution in [2.45, 2.75) is 70.1 Å². The summed E-state index contributed by atoms with van der Waals surface area (Å²) in [4.78, 5) is 62.8. The highest BCUT2D eigenvalue weighted by atomic mass is 16.4. The number of aliphatic carboxylic acids is 2. The Bertz CT molecular complexity index is 922. The fourth-order valence-electron chi connectivity index (χ4n) is 4.07. The summed E-state index contributed by atoms with van der Waals surface area (Å²) >= 11 is 0. The zero-order valence-electron chi connectivity index (χ0n) is 20.0. The minimum Gasteiger partial charge on any atom is -0.481 e.